The van der Waals surface area contributed by atoms with E-state index in [1.54, 1.807) is 83.9 Å². The lowest BCUT2D eigenvalue weighted by molar-refractivity contribution is -0.155. The highest BCUT2D eigenvalue weighted by Crippen LogP contribution is 2.56. The van der Waals surface area contributed by atoms with Gasteiger partial charge in [0.05, 0.1) is 44.5 Å². The predicted octanol–water partition coefficient (Wildman–Crippen LogP) is 12.6. The van der Waals surface area contributed by atoms with Gasteiger partial charge in [0.15, 0.2) is 0 Å². The first kappa shape index (κ1) is 100. The molecule has 8 aliphatic rings. The number of likely N-dealkylation sites (tertiary alicyclic amines) is 1. The lowest BCUT2D eigenvalue weighted by Crippen LogP contribution is -2.61. The maximum atomic E-state index is 13.6. The van der Waals surface area contributed by atoms with Gasteiger partial charge < -0.3 is 45.3 Å². The quantitative estimate of drug-likeness (QED) is 0.0158. The van der Waals surface area contributed by atoms with Gasteiger partial charge in [-0.1, -0.05) is 72.2 Å². The minimum atomic E-state index is -1.35. The van der Waals surface area contributed by atoms with Gasteiger partial charge in [-0.05, 0) is 262 Å². The van der Waals surface area contributed by atoms with Crippen molar-refractivity contribution in [2.45, 2.75) is 167 Å². The average Bonchev–Trinajstić information content (AvgIpc) is 1.57. The lowest BCUT2D eigenvalue weighted by atomic mass is 9.89. The van der Waals surface area contributed by atoms with E-state index in [0.29, 0.717) is 85.5 Å². The third-order valence-corrected chi connectivity index (χ3v) is 26.7. The van der Waals surface area contributed by atoms with Crippen LogP contribution >= 0.6 is 11.6 Å². The highest BCUT2D eigenvalue weighted by Gasteiger charge is 2.64. The molecular weight excluding hydrogens is 1820 g/mol. The Labute approximate surface area is 828 Å². The Bertz CT molecular complexity index is 6610. The zero-order chi connectivity index (χ0) is 100. The average molecular weight is 1940 g/mol. The van der Waals surface area contributed by atoms with Crippen molar-refractivity contribution >= 4 is 88.1 Å². The zero-order valence-electron chi connectivity index (χ0n) is 80.4. The number of ether oxygens (including phenoxy) is 3. The van der Waals surface area contributed by atoms with E-state index in [9.17, 15) is 63.0 Å². The molecule has 6 fully saturated rings. The summed E-state index contributed by atoms with van der Waals surface area (Å²) in [6.45, 7) is 22.1. The van der Waals surface area contributed by atoms with Crippen LogP contribution in [0.25, 0.3) is 22.5 Å². The van der Waals surface area contributed by atoms with Crippen LogP contribution in [0.2, 0.25) is 0 Å². The number of hydrogen-bond donors (Lipinski definition) is 6. The van der Waals surface area contributed by atoms with Crippen LogP contribution in [0.3, 0.4) is 0 Å². The van der Waals surface area contributed by atoms with Crippen LogP contribution in [0.5, 0.6) is 11.5 Å². The number of anilines is 2. The van der Waals surface area contributed by atoms with Crippen molar-refractivity contribution in [2.75, 3.05) is 88.6 Å². The molecule has 18 rings (SSSR count). The van der Waals surface area contributed by atoms with E-state index in [-0.39, 0.29) is 77.5 Å². The molecule has 4 saturated heterocycles. The number of piperidine rings is 2. The number of aryl methyl sites for hydroxylation is 2. The molecule has 2 saturated carbocycles. The molecule has 142 heavy (non-hydrogen) atoms. The van der Waals surface area contributed by atoms with Crippen LogP contribution in [0.15, 0.2) is 195 Å². The third-order valence-electron chi connectivity index (χ3n) is 26.5. The maximum Gasteiger partial charge on any atom is 0.424 e. The first-order valence-electron chi connectivity index (χ1n) is 47.8. The molecular formula is C109H113ClN16O16. The standard InChI is InChI=1S/C52H52N8O7.C29H30N6O.C28H31ClN2O8/c1-34-29-39(15-14-37(34)30-44-54-22-16-41(56-44)38-7-4-21-53-32-38)55-46(61)36-12-10-35(11-13-36)33-59-26-24-58(25-27-59)23-5-17-51(2,66)18-6-28-67-43-9-3-8-40-45(43)49(64)60(48(40)63)42-31-52(19-20-52)50(65)57-47(42)62;1-21-17-26(33-29(36)23-6-4-22(5-7-23)20-35-15-13-30-14-16-35)9-8-24(21)18-28-32-12-10-27(34-28)25-3-2-11-31-19-25;1-26(2,3)39-25(36)31-22(33)18(16-28(12-13-28)24(31)35)30-21(32)17-8-5-9-19(20(17)23(30)34)38-15-7-11-27(4,37)10-6-14-29/h3-4,7-16,21-22,29,32,42,66H,5,17,19-20,23-28,30-31,33H2,1-2H3,(H,55,61)(H,57,62,65);2-12,17,19,30H,13-16,18,20H2,1H3,(H,33,36);5,8-9,18,37H,6,10,12-16H2,1-4H3. The van der Waals surface area contributed by atoms with Crippen molar-refractivity contribution in [3.63, 3.8) is 0 Å². The molecule has 0 bridgehead atoms. The number of nitrogens with zero attached hydrogens (tertiary/aromatic N) is 12. The molecule has 33 heteroatoms. The summed E-state index contributed by atoms with van der Waals surface area (Å²) in [6.07, 6.45) is 15.0. The van der Waals surface area contributed by atoms with Gasteiger partial charge in [0.25, 0.3) is 41.4 Å². The van der Waals surface area contributed by atoms with E-state index in [2.05, 4.69) is 79.6 Å². The normalized spacial score (nSPS) is 18.2. The predicted molar refractivity (Wildman–Crippen MR) is 529 cm³/mol. The number of amides is 11. The Hall–Kier alpha value is -14.5. The van der Waals surface area contributed by atoms with Crippen LogP contribution in [-0.4, -0.2) is 242 Å². The second-order valence-corrected chi connectivity index (χ2v) is 38.9. The molecule has 732 valence electrons. The number of benzene rings is 6. The Morgan fingerprint density at radius 2 is 0.993 bits per heavy atom. The number of imide groups is 6. The largest absolute Gasteiger partial charge is 0.480 e. The first-order valence-corrected chi connectivity index (χ1v) is 48.3. The Balaban J connectivity index is 0.000000165. The number of carbonyl (C=O) groups excluding carboxylic acids is 11. The van der Waals surface area contributed by atoms with Crippen molar-refractivity contribution in [3.8, 4) is 57.7 Å². The minimum absolute atomic E-state index is 0.0310. The molecule has 0 radical (unpaired) electrons. The fraction of sp³-hybridized carbons (Fsp3) is 0.367. The number of alkyl halides is 1. The molecule has 4 unspecified atom stereocenters. The van der Waals surface area contributed by atoms with E-state index in [1.807, 2.05) is 135 Å². The molecule has 4 atom stereocenters. The second kappa shape index (κ2) is 43.7. The van der Waals surface area contributed by atoms with E-state index in [0.717, 1.165) is 156 Å². The number of pyridine rings is 2. The minimum Gasteiger partial charge on any atom is -0.480 e. The van der Waals surface area contributed by atoms with Gasteiger partial charge in [0.2, 0.25) is 17.7 Å². The summed E-state index contributed by atoms with van der Waals surface area (Å²) in [6, 6.07) is 45.8. The van der Waals surface area contributed by atoms with Crippen LogP contribution in [0.4, 0.5) is 16.2 Å². The number of aliphatic hydroxyl groups is 2. The number of aromatic nitrogens is 6. The van der Waals surface area contributed by atoms with E-state index < -0.39 is 87.2 Å². The topological polar surface area (TPSA) is 401 Å². The summed E-state index contributed by atoms with van der Waals surface area (Å²) in [5.74, 6) is 7.66. The highest BCUT2D eigenvalue weighted by molar-refractivity contribution is 6.27. The van der Waals surface area contributed by atoms with Crippen LogP contribution in [-0.2, 0) is 49.8 Å². The lowest BCUT2D eigenvalue weighted by Gasteiger charge is -2.38. The van der Waals surface area contributed by atoms with Gasteiger partial charge in [-0.2, -0.15) is 4.90 Å². The van der Waals surface area contributed by atoms with Crippen molar-refractivity contribution in [1.29, 1.82) is 0 Å². The number of rotatable bonds is 27. The van der Waals surface area contributed by atoms with Gasteiger partial charge in [-0.3, -0.25) is 82.8 Å². The molecule has 10 aromatic rings. The molecule has 6 aromatic carbocycles. The van der Waals surface area contributed by atoms with Crippen LogP contribution in [0.1, 0.15) is 206 Å². The summed E-state index contributed by atoms with van der Waals surface area (Å²) < 4.78 is 16.8. The van der Waals surface area contributed by atoms with E-state index in [1.165, 1.54) is 29.8 Å². The summed E-state index contributed by atoms with van der Waals surface area (Å²) in [7, 11) is 0. The molecule has 6 N–H and O–H groups in total. The number of fused-ring (bicyclic) bond motifs is 2. The van der Waals surface area contributed by atoms with Crippen molar-refractivity contribution in [1.82, 2.24) is 69.9 Å². The Morgan fingerprint density at radius 3 is 1.45 bits per heavy atom. The van der Waals surface area contributed by atoms with Gasteiger partial charge in [-0.25, -0.2) is 24.7 Å². The maximum absolute atomic E-state index is 13.6. The fourth-order valence-corrected chi connectivity index (χ4v) is 18.4. The van der Waals surface area contributed by atoms with Crippen molar-refractivity contribution in [2.24, 2.45) is 10.8 Å². The van der Waals surface area contributed by atoms with Gasteiger partial charge in [0, 0.05) is 155 Å². The van der Waals surface area contributed by atoms with Gasteiger partial charge in [-0.15, -0.1) is 11.6 Å². The fourth-order valence-electron chi connectivity index (χ4n) is 18.3. The summed E-state index contributed by atoms with van der Waals surface area (Å²) in [5.41, 5.74) is 8.03. The first-order chi connectivity index (χ1) is 68.2. The number of nitrogens with one attached hydrogen (secondary N) is 4. The smallest absolute Gasteiger partial charge is 0.424 e. The summed E-state index contributed by atoms with van der Waals surface area (Å²) >= 11 is 5.67. The highest BCUT2D eigenvalue weighted by atomic mass is 35.5. The van der Waals surface area contributed by atoms with E-state index in [4.69, 9.17) is 35.8 Å². The monoisotopic (exact) mass is 1940 g/mol. The summed E-state index contributed by atoms with van der Waals surface area (Å²) in [4.78, 5) is 180. The molecule has 10 heterocycles. The van der Waals surface area contributed by atoms with Gasteiger partial charge >= 0.3 is 6.09 Å². The van der Waals surface area contributed by atoms with Crippen molar-refractivity contribution < 1.29 is 77.2 Å². The van der Waals surface area contributed by atoms with Crippen LogP contribution in [0, 0.1) is 48.4 Å². The third kappa shape index (κ3) is 24.4. The number of carbonyl (C=O) groups is 11. The number of halogens is 1. The van der Waals surface area contributed by atoms with Crippen LogP contribution < -0.4 is 30.7 Å². The molecule has 6 aliphatic heterocycles. The molecule has 32 nitrogen and oxygen atoms in total. The molecule has 4 aromatic heterocycles. The molecule has 2 spiro atoms. The van der Waals surface area contributed by atoms with Gasteiger partial charge in [0.1, 0.15) is 65.2 Å². The van der Waals surface area contributed by atoms with E-state index >= 15 is 0 Å². The molecule has 11 amide bonds. The second-order valence-electron chi connectivity index (χ2n) is 38.5. The zero-order valence-corrected chi connectivity index (χ0v) is 81.1. The SMILES string of the molecule is CC(O)(C#CCOc1cccc2c1C(=O)N(C1CC3(CC3)C(=O)N(C(=O)OC(C)(C)C)C1=O)C2=O)CCCCl.Cc1cc(NC(=O)c2ccc(CN3CCN(CCCC(C)(O)C#CCOc4cccc5c4C(=O)N(C4CC6(CC6)C(=O)NC4=O)C5=O)CC3)cc2)ccc1Cc1nccc(-c2cccnc2)n1.Cc1cc(NC(=O)c2ccc(CN3CCNCC3)cc2)ccc1Cc1nccc(-c2cccnc2)n1. The number of hydrogen-bond acceptors (Lipinski definition) is 26. The Kier molecular flexibility index (Phi) is 30.9. The Morgan fingerprint density at radius 1 is 0.528 bits per heavy atom. The molecule has 2 aliphatic carbocycles. The number of piperazine rings is 2. The van der Waals surface area contributed by atoms with Crippen molar-refractivity contribution in [3.05, 3.63) is 273 Å². The summed E-state index contributed by atoms with van der Waals surface area (Å²) in [5, 5.41) is 33.1.